The van der Waals surface area contributed by atoms with Crippen LogP contribution in [0.3, 0.4) is 0 Å². The number of hydrogen-bond donors (Lipinski definition) is 3. The number of nitrogens with two attached hydrogens (primary N) is 1. The topological polar surface area (TPSA) is 53.3 Å². The lowest BCUT2D eigenvalue weighted by molar-refractivity contribution is 0.695. The van der Waals surface area contributed by atoms with Crippen LogP contribution in [0.5, 0.6) is 0 Å². The molecule has 0 radical (unpaired) electrons. The number of nitrogens with one attached hydrogen (secondary N) is 2. The van der Waals surface area contributed by atoms with Gasteiger partial charge in [-0.2, -0.15) is 0 Å². The van der Waals surface area contributed by atoms with Gasteiger partial charge in [-0.25, -0.2) is 0 Å². The van der Waals surface area contributed by atoms with E-state index < -0.39 is 0 Å². The van der Waals surface area contributed by atoms with Crippen molar-refractivity contribution in [2.24, 2.45) is 5.73 Å². The van der Waals surface area contributed by atoms with Crippen molar-refractivity contribution in [1.29, 1.82) is 0 Å². The summed E-state index contributed by atoms with van der Waals surface area (Å²) in [5, 5.41) is 6.85. The van der Waals surface area contributed by atoms with Gasteiger partial charge in [0.15, 0.2) is 0 Å². The molecule has 0 fully saturated rings. The molecular weight excluding hydrogens is 344 g/mol. The van der Waals surface area contributed by atoms with Crippen LogP contribution < -0.4 is 21.3 Å². The van der Waals surface area contributed by atoms with E-state index in [-0.39, 0.29) is 0 Å². The van der Waals surface area contributed by atoms with Crippen molar-refractivity contribution in [3.05, 3.63) is 83.4 Å². The molecule has 4 rings (SSSR count). The Labute approximate surface area is 167 Å². The number of aryl methyl sites for hydroxylation is 1. The van der Waals surface area contributed by atoms with Crippen molar-refractivity contribution in [1.82, 2.24) is 5.32 Å². The molecule has 144 valence electrons. The Morgan fingerprint density at radius 1 is 1.00 bits per heavy atom. The summed E-state index contributed by atoms with van der Waals surface area (Å²) in [7, 11) is 0. The summed E-state index contributed by atoms with van der Waals surface area (Å²) in [6.45, 7) is 6.31. The predicted octanol–water partition coefficient (Wildman–Crippen LogP) is 4.10. The Morgan fingerprint density at radius 2 is 1.79 bits per heavy atom. The maximum absolute atomic E-state index is 5.53. The standard InChI is InChI=1S/C24H28N4/c1-18-4-2-3-5-22(18)16-28-17-27-23-11-10-21(14-24(23)28)20-8-6-19(7-9-20)15-26-13-12-25/h2-11,14,26-27H,12-13,15-17,25H2,1H3. The van der Waals surface area contributed by atoms with Crippen molar-refractivity contribution >= 4 is 11.4 Å². The van der Waals surface area contributed by atoms with Gasteiger partial charge in [-0.15, -0.1) is 0 Å². The fraction of sp³-hybridized carbons (Fsp3) is 0.250. The molecule has 0 unspecified atom stereocenters. The first-order chi connectivity index (χ1) is 13.7. The van der Waals surface area contributed by atoms with Crippen LogP contribution in [0.15, 0.2) is 66.7 Å². The molecule has 0 aliphatic carbocycles. The molecule has 28 heavy (non-hydrogen) atoms. The molecule has 1 aliphatic rings. The zero-order chi connectivity index (χ0) is 19.3. The molecule has 0 aromatic heterocycles. The molecule has 3 aromatic rings. The average Bonchev–Trinajstić information content (AvgIpc) is 3.12. The molecule has 4 heteroatoms. The third kappa shape index (κ3) is 4.03. The number of benzene rings is 3. The van der Waals surface area contributed by atoms with E-state index in [9.17, 15) is 0 Å². The fourth-order valence-electron chi connectivity index (χ4n) is 3.67. The van der Waals surface area contributed by atoms with Gasteiger partial charge in [0.25, 0.3) is 0 Å². The van der Waals surface area contributed by atoms with Crippen LogP contribution in [-0.4, -0.2) is 19.8 Å². The second-order valence-electron chi connectivity index (χ2n) is 7.35. The lowest BCUT2D eigenvalue weighted by Gasteiger charge is -2.20. The summed E-state index contributed by atoms with van der Waals surface area (Å²) in [5.74, 6) is 0. The van der Waals surface area contributed by atoms with Crippen LogP contribution in [-0.2, 0) is 13.1 Å². The second-order valence-corrected chi connectivity index (χ2v) is 7.35. The lowest BCUT2D eigenvalue weighted by Crippen LogP contribution is -2.22. The monoisotopic (exact) mass is 372 g/mol. The van der Waals surface area contributed by atoms with E-state index in [0.717, 1.165) is 26.3 Å². The van der Waals surface area contributed by atoms with Crippen LogP contribution in [0.25, 0.3) is 11.1 Å². The van der Waals surface area contributed by atoms with Crippen LogP contribution in [0, 0.1) is 6.92 Å². The molecule has 4 nitrogen and oxygen atoms in total. The minimum absolute atomic E-state index is 0.667. The van der Waals surface area contributed by atoms with Gasteiger partial charge in [0.2, 0.25) is 0 Å². The number of rotatable bonds is 7. The van der Waals surface area contributed by atoms with Crippen LogP contribution >= 0.6 is 0 Å². The van der Waals surface area contributed by atoms with Crippen molar-refractivity contribution < 1.29 is 0 Å². The second kappa shape index (κ2) is 8.46. The summed E-state index contributed by atoms with van der Waals surface area (Å²) in [6, 6.07) is 24.1. The Kier molecular flexibility index (Phi) is 5.60. The zero-order valence-electron chi connectivity index (χ0n) is 16.4. The van der Waals surface area contributed by atoms with Crippen molar-refractivity contribution in [3.8, 4) is 11.1 Å². The summed E-state index contributed by atoms with van der Waals surface area (Å²) in [4.78, 5) is 2.41. The largest absolute Gasteiger partial charge is 0.366 e. The van der Waals surface area contributed by atoms with Crippen molar-refractivity contribution in [3.63, 3.8) is 0 Å². The first-order valence-electron chi connectivity index (χ1n) is 9.92. The van der Waals surface area contributed by atoms with Gasteiger partial charge >= 0.3 is 0 Å². The highest BCUT2D eigenvalue weighted by Gasteiger charge is 2.19. The lowest BCUT2D eigenvalue weighted by atomic mass is 10.0. The van der Waals surface area contributed by atoms with Gasteiger partial charge in [-0.3, -0.25) is 0 Å². The summed E-state index contributed by atoms with van der Waals surface area (Å²) < 4.78 is 0. The molecule has 0 saturated heterocycles. The Bertz CT molecular complexity index is 934. The quantitative estimate of drug-likeness (QED) is 0.547. The number of fused-ring (bicyclic) bond motifs is 1. The molecule has 3 aromatic carbocycles. The molecule has 1 aliphatic heterocycles. The fourth-order valence-corrected chi connectivity index (χ4v) is 3.67. The van der Waals surface area contributed by atoms with Gasteiger partial charge in [0, 0.05) is 26.2 Å². The predicted molar refractivity (Wildman–Crippen MR) is 118 cm³/mol. The molecule has 4 N–H and O–H groups in total. The molecule has 0 spiro atoms. The SMILES string of the molecule is Cc1ccccc1CN1CNc2ccc(-c3ccc(CNCCN)cc3)cc21. The highest BCUT2D eigenvalue weighted by molar-refractivity contribution is 5.81. The van der Waals surface area contributed by atoms with E-state index in [4.69, 9.17) is 5.73 Å². The van der Waals surface area contributed by atoms with Crippen LogP contribution in [0.2, 0.25) is 0 Å². The minimum Gasteiger partial charge on any atom is -0.366 e. The van der Waals surface area contributed by atoms with Crippen LogP contribution in [0.1, 0.15) is 16.7 Å². The highest BCUT2D eigenvalue weighted by atomic mass is 15.3. The maximum Gasteiger partial charge on any atom is 0.0881 e. The molecule has 0 atom stereocenters. The van der Waals surface area contributed by atoms with Crippen LogP contribution in [0.4, 0.5) is 11.4 Å². The summed E-state index contributed by atoms with van der Waals surface area (Å²) in [5.41, 5.74) is 14.5. The average molecular weight is 373 g/mol. The Morgan fingerprint density at radius 3 is 2.57 bits per heavy atom. The first kappa shape index (κ1) is 18.5. The van der Waals surface area contributed by atoms with E-state index in [1.807, 2.05) is 0 Å². The third-order valence-electron chi connectivity index (χ3n) is 5.36. The number of hydrogen-bond acceptors (Lipinski definition) is 4. The van der Waals surface area contributed by atoms with E-state index in [1.54, 1.807) is 0 Å². The van der Waals surface area contributed by atoms with E-state index >= 15 is 0 Å². The Balaban J connectivity index is 1.53. The maximum atomic E-state index is 5.53. The van der Waals surface area contributed by atoms with Crippen molar-refractivity contribution in [2.75, 3.05) is 30.0 Å². The third-order valence-corrected chi connectivity index (χ3v) is 5.36. The summed E-state index contributed by atoms with van der Waals surface area (Å²) in [6.07, 6.45) is 0. The van der Waals surface area contributed by atoms with Gasteiger partial charge in [-0.1, -0.05) is 54.6 Å². The molecule has 0 bridgehead atoms. The van der Waals surface area contributed by atoms with E-state index in [1.165, 1.54) is 39.2 Å². The molecular formula is C24H28N4. The smallest absolute Gasteiger partial charge is 0.0881 e. The van der Waals surface area contributed by atoms with Crippen molar-refractivity contribution in [2.45, 2.75) is 20.0 Å². The highest BCUT2D eigenvalue weighted by Crippen LogP contribution is 2.36. The van der Waals surface area contributed by atoms with Gasteiger partial charge in [0.05, 0.1) is 18.0 Å². The van der Waals surface area contributed by atoms with Gasteiger partial charge in [-0.05, 0) is 46.9 Å². The normalized spacial score (nSPS) is 12.7. The minimum atomic E-state index is 0.667. The molecule has 0 saturated carbocycles. The summed E-state index contributed by atoms with van der Waals surface area (Å²) >= 11 is 0. The molecule has 1 heterocycles. The van der Waals surface area contributed by atoms with Gasteiger partial charge in [0.1, 0.15) is 0 Å². The number of anilines is 2. The Hall–Kier alpha value is -2.82. The van der Waals surface area contributed by atoms with Gasteiger partial charge < -0.3 is 21.3 Å². The van der Waals surface area contributed by atoms with E-state index in [2.05, 4.69) is 89.2 Å². The zero-order valence-corrected chi connectivity index (χ0v) is 16.4. The first-order valence-corrected chi connectivity index (χ1v) is 9.92. The number of nitrogens with zero attached hydrogens (tertiary/aromatic N) is 1. The van der Waals surface area contributed by atoms with E-state index in [0.29, 0.717) is 6.54 Å². The molecule has 0 amide bonds.